The second kappa shape index (κ2) is 8.30. The fourth-order valence-corrected chi connectivity index (χ4v) is 10.3. The molecule has 0 bridgehead atoms. The van der Waals surface area contributed by atoms with Gasteiger partial charge in [-0.2, -0.15) is 0 Å². The quantitative estimate of drug-likeness (QED) is 0.397. The molecule has 0 aliphatic heterocycles. The smallest absolute Gasteiger partial charge is 0.0745 e. The van der Waals surface area contributed by atoms with Gasteiger partial charge >= 0.3 is 0 Å². The van der Waals surface area contributed by atoms with Crippen molar-refractivity contribution < 1.29 is 20.4 Å². The van der Waals surface area contributed by atoms with Crippen LogP contribution in [0.2, 0.25) is 0 Å². The Hall–Kier alpha value is -0.420. The molecule has 4 aliphatic carbocycles. The summed E-state index contributed by atoms with van der Waals surface area (Å²) in [5.74, 6) is 1.01. The third-order valence-corrected chi connectivity index (χ3v) is 12.7. The second-order valence-electron chi connectivity index (χ2n) is 14.6. The van der Waals surface area contributed by atoms with Crippen molar-refractivity contribution in [2.24, 2.45) is 45.3 Å². The van der Waals surface area contributed by atoms with E-state index in [0.29, 0.717) is 24.7 Å². The van der Waals surface area contributed by atoms with Crippen LogP contribution in [0.3, 0.4) is 0 Å². The van der Waals surface area contributed by atoms with Gasteiger partial charge in [0.05, 0.1) is 23.9 Å². The highest BCUT2D eigenvalue weighted by Gasteiger charge is 2.71. The summed E-state index contributed by atoms with van der Waals surface area (Å²) in [5.41, 5.74) is -0.0556. The first-order valence-corrected chi connectivity index (χ1v) is 13.9. The predicted octanol–water partition coefficient (Wildman–Crippen LogP) is 5.47. The van der Waals surface area contributed by atoms with Crippen LogP contribution < -0.4 is 0 Å². The summed E-state index contributed by atoms with van der Waals surface area (Å²) in [6.07, 6.45) is 6.72. The zero-order valence-corrected chi connectivity index (χ0v) is 22.9. The normalized spacial score (nSPS) is 50.4. The molecular weight excluding hydrogens is 424 g/mol. The van der Waals surface area contributed by atoms with Crippen molar-refractivity contribution in [3.05, 3.63) is 12.2 Å². The Bertz CT molecular complexity index is 804. The van der Waals surface area contributed by atoms with Crippen LogP contribution >= 0.6 is 0 Å². The summed E-state index contributed by atoms with van der Waals surface area (Å²) in [5, 5.41) is 44.5. The van der Waals surface area contributed by atoms with Crippen molar-refractivity contribution >= 4 is 0 Å². The van der Waals surface area contributed by atoms with Gasteiger partial charge in [-0.3, -0.25) is 0 Å². The molecule has 4 nitrogen and oxygen atoms in total. The average Bonchev–Trinajstić information content (AvgIpc) is 3.12. The molecule has 34 heavy (non-hydrogen) atoms. The Morgan fingerprint density at radius 1 is 0.971 bits per heavy atom. The zero-order chi connectivity index (χ0) is 25.5. The Kier molecular flexibility index (Phi) is 6.50. The fraction of sp³-hybridized carbons (Fsp3) is 0.933. The van der Waals surface area contributed by atoms with Crippen LogP contribution in [0.1, 0.15) is 106 Å². The molecule has 0 heterocycles. The van der Waals surface area contributed by atoms with E-state index in [1.165, 1.54) is 0 Å². The van der Waals surface area contributed by atoms with Gasteiger partial charge in [0.1, 0.15) is 0 Å². The van der Waals surface area contributed by atoms with Crippen LogP contribution in [0.15, 0.2) is 12.2 Å². The first kappa shape index (κ1) is 26.6. The van der Waals surface area contributed by atoms with Crippen molar-refractivity contribution in [3.63, 3.8) is 0 Å². The Morgan fingerprint density at radius 3 is 2.21 bits per heavy atom. The lowest BCUT2D eigenvalue weighted by atomic mass is 9.35. The van der Waals surface area contributed by atoms with E-state index in [1.807, 2.05) is 13.8 Å². The van der Waals surface area contributed by atoms with Gasteiger partial charge in [-0.1, -0.05) is 46.8 Å². The first-order valence-electron chi connectivity index (χ1n) is 13.9. The Labute approximate surface area is 208 Å². The van der Waals surface area contributed by atoms with Crippen LogP contribution in [-0.4, -0.2) is 44.3 Å². The van der Waals surface area contributed by atoms with Crippen molar-refractivity contribution in [2.45, 2.75) is 130 Å². The van der Waals surface area contributed by atoms with Crippen LogP contribution in [-0.2, 0) is 0 Å². The molecule has 0 radical (unpaired) electrons. The van der Waals surface area contributed by atoms with E-state index in [2.05, 4.69) is 41.2 Å². The average molecular weight is 477 g/mol. The van der Waals surface area contributed by atoms with Gasteiger partial charge in [0, 0.05) is 0 Å². The summed E-state index contributed by atoms with van der Waals surface area (Å²) in [6, 6.07) is 0. The van der Waals surface area contributed by atoms with Gasteiger partial charge < -0.3 is 20.4 Å². The molecule has 0 aromatic heterocycles. The van der Waals surface area contributed by atoms with Gasteiger partial charge in [-0.15, -0.1) is 0 Å². The molecular formula is C30H52O4. The summed E-state index contributed by atoms with van der Waals surface area (Å²) in [4.78, 5) is 0. The number of hydrogen-bond acceptors (Lipinski definition) is 4. The standard InChI is InChI=1S/C30H52O4/c1-18(2)20(31)10-16-30(8,34)19-9-14-29(7)25(19)21(32)17-23-27(5)13-12-24(33)26(3,4)22(27)11-15-28(23,29)6/h19-25,31-34H,1,9-17H2,2-8H3/t19-,20+,21+,22?,23+,24-,25+,27-,28+,29-,30-/m0/s1. The molecule has 4 fully saturated rings. The maximum absolute atomic E-state index is 11.8. The molecule has 196 valence electrons. The van der Waals surface area contributed by atoms with Gasteiger partial charge in [-0.25, -0.2) is 0 Å². The third-order valence-electron chi connectivity index (χ3n) is 12.7. The topological polar surface area (TPSA) is 80.9 Å². The number of aliphatic hydroxyl groups excluding tert-OH is 3. The minimum Gasteiger partial charge on any atom is -0.393 e. The van der Waals surface area contributed by atoms with Crippen molar-refractivity contribution in [1.82, 2.24) is 0 Å². The molecule has 1 unspecified atom stereocenters. The van der Waals surface area contributed by atoms with Crippen molar-refractivity contribution in [1.29, 1.82) is 0 Å². The maximum Gasteiger partial charge on any atom is 0.0745 e. The van der Waals surface area contributed by atoms with E-state index in [1.54, 1.807) is 0 Å². The van der Waals surface area contributed by atoms with E-state index in [0.717, 1.165) is 50.5 Å². The highest BCUT2D eigenvalue weighted by atomic mass is 16.3. The lowest BCUT2D eigenvalue weighted by Gasteiger charge is -2.70. The van der Waals surface area contributed by atoms with E-state index >= 15 is 0 Å². The highest BCUT2D eigenvalue weighted by Crippen LogP contribution is 2.75. The summed E-state index contributed by atoms with van der Waals surface area (Å²) in [7, 11) is 0. The first-order chi connectivity index (χ1) is 15.5. The lowest BCUT2D eigenvalue weighted by molar-refractivity contribution is -0.246. The Balaban J connectivity index is 1.64. The summed E-state index contributed by atoms with van der Waals surface area (Å²) >= 11 is 0. The Morgan fingerprint density at radius 2 is 1.59 bits per heavy atom. The van der Waals surface area contributed by atoms with Crippen LogP contribution in [0.4, 0.5) is 0 Å². The zero-order valence-electron chi connectivity index (χ0n) is 22.9. The molecule has 4 N–H and O–H groups in total. The van der Waals surface area contributed by atoms with E-state index in [9.17, 15) is 20.4 Å². The maximum atomic E-state index is 11.8. The molecule has 4 heteroatoms. The molecule has 0 aromatic carbocycles. The minimum atomic E-state index is -0.916. The highest BCUT2D eigenvalue weighted by molar-refractivity contribution is 5.20. The molecule has 4 rings (SSSR count). The van der Waals surface area contributed by atoms with Crippen molar-refractivity contribution in [3.8, 4) is 0 Å². The van der Waals surface area contributed by atoms with E-state index < -0.39 is 17.8 Å². The second-order valence-corrected chi connectivity index (χ2v) is 14.6. The number of hydrogen-bond donors (Lipinski definition) is 4. The molecule has 4 saturated carbocycles. The van der Waals surface area contributed by atoms with E-state index in [-0.39, 0.29) is 39.6 Å². The number of rotatable bonds is 5. The fourth-order valence-electron chi connectivity index (χ4n) is 10.3. The molecule has 0 saturated heterocycles. The predicted molar refractivity (Wildman–Crippen MR) is 137 cm³/mol. The number of fused-ring (bicyclic) bond motifs is 5. The molecule has 0 aromatic rings. The summed E-state index contributed by atoms with van der Waals surface area (Å²) in [6.45, 7) is 19.5. The SMILES string of the molecule is C=C(C)[C@H](O)CC[C@](C)(O)[C@H]1CC[C@@]2(C)[C@H]1[C@H](O)C[C@@H]1[C@@]3(C)CC[C@H](O)C(C)(C)C3CC[C@]12C. The largest absolute Gasteiger partial charge is 0.393 e. The molecule has 0 amide bonds. The van der Waals surface area contributed by atoms with E-state index in [4.69, 9.17) is 0 Å². The number of aliphatic hydroxyl groups is 4. The molecule has 11 atom stereocenters. The molecule has 0 spiro atoms. The molecule has 4 aliphatic rings. The lowest BCUT2D eigenvalue weighted by Crippen LogP contribution is -2.66. The monoisotopic (exact) mass is 476 g/mol. The van der Waals surface area contributed by atoms with Crippen molar-refractivity contribution in [2.75, 3.05) is 0 Å². The van der Waals surface area contributed by atoms with Crippen LogP contribution in [0.5, 0.6) is 0 Å². The van der Waals surface area contributed by atoms with Gasteiger partial charge in [0.25, 0.3) is 0 Å². The van der Waals surface area contributed by atoms with Gasteiger partial charge in [0.15, 0.2) is 0 Å². The van der Waals surface area contributed by atoms with Crippen LogP contribution in [0, 0.1) is 45.3 Å². The van der Waals surface area contributed by atoms with Crippen LogP contribution in [0.25, 0.3) is 0 Å². The minimum absolute atomic E-state index is 0.0227. The van der Waals surface area contributed by atoms with Gasteiger partial charge in [-0.05, 0) is 117 Å². The van der Waals surface area contributed by atoms with Gasteiger partial charge in [0.2, 0.25) is 0 Å². The summed E-state index contributed by atoms with van der Waals surface area (Å²) < 4.78 is 0. The third kappa shape index (κ3) is 3.60.